The highest BCUT2D eigenvalue weighted by atomic mass is 79.9. The summed E-state index contributed by atoms with van der Waals surface area (Å²) in [5.41, 5.74) is 0.975. The van der Waals surface area contributed by atoms with Crippen LogP contribution in [0.5, 0.6) is 0 Å². The number of hydrogen-bond donors (Lipinski definition) is 1. The molecule has 1 aliphatic rings. The molecule has 0 spiro atoms. The van der Waals surface area contributed by atoms with Gasteiger partial charge in [-0.1, -0.05) is 53.0 Å². The number of halogens is 3. The maximum Gasteiger partial charge on any atom is 0.0745 e. The van der Waals surface area contributed by atoms with Crippen molar-refractivity contribution < 1.29 is 0 Å². The first kappa shape index (κ1) is 16.4. The number of hydrogen-bond acceptors (Lipinski definition) is 2. The largest absolute Gasteiger partial charge is 0.369 e. The molecule has 20 heavy (non-hydrogen) atoms. The molecular weight excluding hydrogens is 359 g/mol. The molecule has 1 aliphatic heterocycles. The van der Waals surface area contributed by atoms with Crippen LogP contribution in [0.4, 0.5) is 5.69 Å². The Labute approximate surface area is 139 Å². The molecule has 0 bridgehead atoms. The van der Waals surface area contributed by atoms with Gasteiger partial charge in [-0.25, -0.2) is 0 Å². The van der Waals surface area contributed by atoms with Crippen LogP contribution in [0.2, 0.25) is 10.0 Å². The van der Waals surface area contributed by atoms with Crippen LogP contribution in [-0.2, 0) is 0 Å². The zero-order valence-electron chi connectivity index (χ0n) is 11.9. The molecule has 112 valence electrons. The van der Waals surface area contributed by atoms with Gasteiger partial charge in [0.2, 0.25) is 0 Å². The molecule has 1 fully saturated rings. The van der Waals surface area contributed by atoms with E-state index in [1.54, 1.807) is 0 Å². The zero-order valence-corrected chi connectivity index (χ0v) is 15.0. The van der Waals surface area contributed by atoms with Crippen molar-refractivity contribution in [1.82, 2.24) is 5.32 Å². The van der Waals surface area contributed by atoms with Gasteiger partial charge in [-0.05, 0) is 43.5 Å². The summed E-state index contributed by atoms with van der Waals surface area (Å²) in [6.45, 7) is 8.66. The highest BCUT2D eigenvalue weighted by molar-refractivity contribution is 9.10. The van der Waals surface area contributed by atoms with Crippen LogP contribution in [0.1, 0.15) is 20.3 Å². The van der Waals surface area contributed by atoms with Crippen LogP contribution in [0, 0.1) is 11.8 Å². The molecule has 1 atom stereocenters. The van der Waals surface area contributed by atoms with Crippen LogP contribution >= 0.6 is 39.1 Å². The third-order valence-corrected chi connectivity index (χ3v) is 4.60. The molecule has 2 nitrogen and oxygen atoms in total. The number of benzene rings is 1. The molecule has 0 amide bonds. The molecule has 1 N–H and O–H groups in total. The first-order valence-corrected chi connectivity index (χ1v) is 8.62. The fourth-order valence-electron chi connectivity index (χ4n) is 2.62. The molecule has 1 unspecified atom stereocenters. The van der Waals surface area contributed by atoms with E-state index in [0.717, 1.165) is 46.4 Å². The molecule has 5 heteroatoms. The summed E-state index contributed by atoms with van der Waals surface area (Å²) in [7, 11) is 0. The predicted octanol–water partition coefficient (Wildman–Crippen LogP) is 4.83. The van der Waals surface area contributed by atoms with E-state index in [2.05, 4.69) is 40.0 Å². The summed E-state index contributed by atoms with van der Waals surface area (Å²) in [4.78, 5) is 2.30. The summed E-state index contributed by atoms with van der Waals surface area (Å²) >= 11 is 16.1. The minimum absolute atomic E-state index is 0.671. The minimum atomic E-state index is 0.671. The van der Waals surface area contributed by atoms with Crippen LogP contribution in [-0.4, -0.2) is 26.2 Å². The van der Waals surface area contributed by atoms with E-state index in [1.807, 2.05) is 12.1 Å². The van der Waals surface area contributed by atoms with Crippen molar-refractivity contribution in [3.8, 4) is 0 Å². The Kier molecular flexibility index (Phi) is 6.03. The lowest BCUT2D eigenvalue weighted by Gasteiger charge is -2.22. The Morgan fingerprint density at radius 2 is 2.00 bits per heavy atom. The van der Waals surface area contributed by atoms with E-state index in [4.69, 9.17) is 23.2 Å². The van der Waals surface area contributed by atoms with Gasteiger partial charge in [0.25, 0.3) is 0 Å². The molecule has 1 saturated heterocycles. The summed E-state index contributed by atoms with van der Waals surface area (Å²) in [5.74, 6) is 1.37. The molecule has 2 rings (SSSR count). The highest BCUT2D eigenvalue weighted by Gasteiger charge is 2.25. The van der Waals surface area contributed by atoms with E-state index < -0.39 is 0 Å². The maximum absolute atomic E-state index is 6.34. The molecule has 1 aromatic rings. The Bertz CT molecular complexity index is 442. The van der Waals surface area contributed by atoms with Crippen molar-refractivity contribution in [3.63, 3.8) is 0 Å². The normalized spacial score (nSPS) is 19.1. The summed E-state index contributed by atoms with van der Waals surface area (Å²) in [6.07, 6.45) is 1.19. The van der Waals surface area contributed by atoms with E-state index in [-0.39, 0.29) is 0 Å². The van der Waals surface area contributed by atoms with Crippen LogP contribution in [0.3, 0.4) is 0 Å². The first-order chi connectivity index (χ1) is 9.47. The van der Waals surface area contributed by atoms with Crippen molar-refractivity contribution in [2.75, 3.05) is 31.1 Å². The van der Waals surface area contributed by atoms with Crippen LogP contribution in [0.25, 0.3) is 0 Å². The van der Waals surface area contributed by atoms with Gasteiger partial charge >= 0.3 is 0 Å². The molecule has 1 heterocycles. The molecular formula is C15H21BrCl2N2. The number of nitrogens with zero attached hydrogens (tertiary/aromatic N) is 1. The molecule has 0 aliphatic carbocycles. The van der Waals surface area contributed by atoms with Gasteiger partial charge in [-0.2, -0.15) is 0 Å². The highest BCUT2D eigenvalue weighted by Crippen LogP contribution is 2.38. The number of anilines is 1. The number of rotatable bonds is 5. The second-order valence-corrected chi connectivity index (χ2v) is 7.60. The lowest BCUT2D eigenvalue weighted by molar-refractivity contribution is 0.477. The Morgan fingerprint density at radius 3 is 2.60 bits per heavy atom. The number of nitrogens with one attached hydrogen (secondary N) is 1. The van der Waals surface area contributed by atoms with E-state index in [9.17, 15) is 0 Å². The van der Waals surface area contributed by atoms with Gasteiger partial charge in [0, 0.05) is 17.6 Å². The average Bonchev–Trinajstić information content (AvgIpc) is 2.75. The van der Waals surface area contributed by atoms with Crippen LogP contribution in [0.15, 0.2) is 16.6 Å². The summed E-state index contributed by atoms with van der Waals surface area (Å²) in [6, 6.07) is 3.82. The standard InChI is InChI=1S/C15H21BrCl2N2/c1-10(2)7-19-8-11-3-4-20(9-11)15-13(17)5-12(16)6-14(15)18/h5-6,10-11,19H,3-4,7-9H2,1-2H3. The van der Waals surface area contributed by atoms with Crippen molar-refractivity contribution in [2.24, 2.45) is 11.8 Å². The monoisotopic (exact) mass is 378 g/mol. The predicted molar refractivity (Wildman–Crippen MR) is 92.2 cm³/mol. The molecule has 0 saturated carbocycles. The van der Waals surface area contributed by atoms with E-state index >= 15 is 0 Å². The fraction of sp³-hybridized carbons (Fsp3) is 0.600. The quantitative estimate of drug-likeness (QED) is 0.788. The second kappa shape index (κ2) is 7.35. The van der Waals surface area contributed by atoms with E-state index in [1.165, 1.54) is 6.42 Å². The lowest BCUT2D eigenvalue weighted by Crippen LogP contribution is -2.28. The third-order valence-electron chi connectivity index (χ3n) is 3.57. The maximum atomic E-state index is 6.34. The van der Waals surface area contributed by atoms with Crippen LogP contribution < -0.4 is 10.2 Å². The zero-order chi connectivity index (χ0) is 14.7. The average molecular weight is 380 g/mol. The molecule has 0 aromatic heterocycles. The molecule has 1 aromatic carbocycles. The second-order valence-electron chi connectivity index (χ2n) is 5.87. The minimum Gasteiger partial charge on any atom is -0.369 e. The van der Waals surface area contributed by atoms with Crippen molar-refractivity contribution in [1.29, 1.82) is 0 Å². The SMILES string of the molecule is CC(C)CNCC1CCN(c2c(Cl)cc(Br)cc2Cl)C1. The Morgan fingerprint density at radius 1 is 1.35 bits per heavy atom. The van der Waals surface area contributed by atoms with Gasteiger partial charge < -0.3 is 10.2 Å². The van der Waals surface area contributed by atoms with Gasteiger partial charge in [0.05, 0.1) is 15.7 Å². The van der Waals surface area contributed by atoms with Gasteiger partial charge in [0.1, 0.15) is 0 Å². The summed E-state index contributed by atoms with van der Waals surface area (Å²) < 4.78 is 0.922. The fourth-order valence-corrected chi connectivity index (χ4v) is 4.06. The Hall–Kier alpha value is 0.0400. The van der Waals surface area contributed by atoms with Gasteiger partial charge in [-0.3, -0.25) is 0 Å². The molecule has 0 radical (unpaired) electrons. The first-order valence-electron chi connectivity index (χ1n) is 7.07. The van der Waals surface area contributed by atoms with Crippen molar-refractivity contribution in [2.45, 2.75) is 20.3 Å². The van der Waals surface area contributed by atoms with Crippen molar-refractivity contribution >= 4 is 44.8 Å². The topological polar surface area (TPSA) is 15.3 Å². The van der Waals surface area contributed by atoms with Gasteiger partial charge in [-0.15, -0.1) is 0 Å². The third kappa shape index (κ3) is 4.27. The van der Waals surface area contributed by atoms with Gasteiger partial charge in [0.15, 0.2) is 0 Å². The van der Waals surface area contributed by atoms with E-state index in [0.29, 0.717) is 11.8 Å². The smallest absolute Gasteiger partial charge is 0.0745 e. The van der Waals surface area contributed by atoms with Crippen molar-refractivity contribution in [3.05, 3.63) is 26.7 Å². The summed E-state index contributed by atoms with van der Waals surface area (Å²) in [5, 5.41) is 4.98. The Balaban J connectivity index is 1.96. The lowest BCUT2D eigenvalue weighted by atomic mass is 10.1.